The number of anilines is 2. The molecule has 0 spiro atoms. The van der Waals surface area contributed by atoms with Gasteiger partial charge in [-0.3, -0.25) is 4.90 Å². The second kappa shape index (κ2) is 5.44. The molecule has 2 saturated heterocycles. The molecule has 1 unspecified atom stereocenters. The highest BCUT2D eigenvalue weighted by atomic mass is 32.1. The van der Waals surface area contributed by atoms with E-state index in [4.69, 9.17) is 10.5 Å². The molecule has 0 radical (unpaired) electrons. The van der Waals surface area contributed by atoms with Gasteiger partial charge in [-0.25, -0.2) is 4.98 Å². The number of aromatic nitrogens is 1. The molecular weight excluding hydrogens is 284 g/mol. The van der Waals surface area contributed by atoms with Crippen molar-refractivity contribution >= 4 is 32.9 Å². The van der Waals surface area contributed by atoms with Crippen LogP contribution in [0.4, 0.5) is 11.4 Å². The number of hydrogen-bond donors (Lipinski definition) is 1. The molecule has 21 heavy (non-hydrogen) atoms. The Balaban J connectivity index is 1.54. The maximum absolute atomic E-state index is 6.34. The van der Waals surface area contributed by atoms with Crippen LogP contribution < -0.4 is 10.6 Å². The lowest BCUT2D eigenvalue weighted by Crippen LogP contribution is -2.44. The first-order chi connectivity index (χ1) is 10.3. The fourth-order valence-corrected chi connectivity index (χ4v) is 4.11. The lowest BCUT2D eigenvalue weighted by atomic mass is 10.2. The maximum Gasteiger partial charge on any atom is 0.106 e. The fourth-order valence-electron chi connectivity index (χ4n) is 3.42. The molecule has 2 aliphatic rings. The zero-order valence-electron chi connectivity index (χ0n) is 12.0. The Bertz CT molecular complexity index is 638. The van der Waals surface area contributed by atoms with E-state index in [9.17, 15) is 0 Å². The first kappa shape index (κ1) is 13.3. The summed E-state index contributed by atoms with van der Waals surface area (Å²) in [7, 11) is 0. The largest absolute Gasteiger partial charge is 0.395 e. The molecule has 2 fully saturated rings. The van der Waals surface area contributed by atoms with Crippen molar-refractivity contribution in [2.24, 2.45) is 0 Å². The smallest absolute Gasteiger partial charge is 0.106 e. The minimum absolute atomic E-state index is 0.624. The van der Waals surface area contributed by atoms with Crippen molar-refractivity contribution in [3.8, 4) is 0 Å². The molecule has 1 atom stereocenters. The van der Waals surface area contributed by atoms with Gasteiger partial charge in [0.05, 0.1) is 34.8 Å². The molecule has 5 nitrogen and oxygen atoms in total. The number of nitrogens with zero attached hydrogens (tertiary/aromatic N) is 3. The van der Waals surface area contributed by atoms with E-state index in [1.165, 1.54) is 11.1 Å². The molecule has 0 saturated carbocycles. The van der Waals surface area contributed by atoms with Crippen LogP contribution in [0.1, 0.15) is 6.42 Å². The fraction of sp³-hybridized carbons (Fsp3) is 0.533. The summed E-state index contributed by atoms with van der Waals surface area (Å²) >= 11 is 1.64. The van der Waals surface area contributed by atoms with Gasteiger partial charge >= 0.3 is 0 Å². The molecule has 1 aromatic carbocycles. The van der Waals surface area contributed by atoms with E-state index in [1.54, 1.807) is 11.3 Å². The van der Waals surface area contributed by atoms with Gasteiger partial charge < -0.3 is 15.4 Å². The van der Waals surface area contributed by atoms with Gasteiger partial charge in [0.15, 0.2) is 0 Å². The van der Waals surface area contributed by atoms with Crippen LogP contribution in [0, 0.1) is 0 Å². The lowest BCUT2D eigenvalue weighted by molar-refractivity contribution is 0.0209. The summed E-state index contributed by atoms with van der Waals surface area (Å²) in [6, 6.07) is 4.91. The zero-order valence-corrected chi connectivity index (χ0v) is 12.8. The lowest BCUT2D eigenvalue weighted by Gasteiger charge is -2.32. The third kappa shape index (κ3) is 2.37. The number of rotatable bonds is 2. The summed E-state index contributed by atoms with van der Waals surface area (Å²) in [6.45, 7) is 5.97. The molecule has 2 aromatic rings. The van der Waals surface area contributed by atoms with E-state index < -0.39 is 0 Å². The van der Waals surface area contributed by atoms with Crippen LogP contribution in [0.25, 0.3) is 10.2 Å². The summed E-state index contributed by atoms with van der Waals surface area (Å²) in [5.41, 5.74) is 11.1. The van der Waals surface area contributed by atoms with Crippen molar-refractivity contribution in [2.45, 2.75) is 12.5 Å². The van der Waals surface area contributed by atoms with Crippen molar-refractivity contribution in [3.63, 3.8) is 0 Å². The highest BCUT2D eigenvalue weighted by molar-refractivity contribution is 7.16. The van der Waals surface area contributed by atoms with Crippen molar-refractivity contribution in [1.82, 2.24) is 9.88 Å². The summed E-state index contributed by atoms with van der Waals surface area (Å²) < 4.78 is 6.61. The molecule has 1 aromatic heterocycles. The molecule has 0 aliphatic carbocycles. The van der Waals surface area contributed by atoms with Crippen LogP contribution in [0.2, 0.25) is 0 Å². The zero-order chi connectivity index (χ0) is 14.2. The van der Waals surface area contributed by atoms with Crippen molar-refractivity contribution in [3.05, 3.63) is 17.6 Å². The van der Waals surface area contributed by atoms with Crippen LogP contribution in [0.3, 0.4) is 0 Å². The number of hydrogen-bond acceptors (Lipinski definition) is 6. The third-order valence-corrected chi connectivity index (χ3v) is 5.38. The number of morpholine rings is 1. The van der Waals surface area contributed by atoms with Crippen molar-refractivity contribution in [1.29, 1.82) is 0 Å². The van der Waals surface area contributed by atoms with E-state index in [2.05, 4.69) is 26.9 Å². The standard InChI is InChI=1S/C15H20N4OS/c16-14-12(1-2-13-15(14)17-10-21-13)19-4-3-11(9-19)18-5-7-20-8-6-18/h1-2,10-11H,3-9,16H2. The highest BCUT2D eigenvalue weighted by Gasteiger charge is 2.29. The summed E-state index contributed by atoms with van der Waals surface area (Å²) in [5.74, 6) is 0. The molecule has 0 bridgehead atoms. The molecule has 2 aliphatic heterocycles. The second-order valence-electron chi connectivity index (χ2n) is 5.73. The van der Waals surface area contributed by atoms with E-state index >= 15 is 0 Å². The van der Waals surface area contributed by atoms with E-state index in [-0.39, 0.29) is 0 Å². The van der Waals surface area contributed by atoms with E-state index in [0.29, 0.717) is 6.04 Å². The van der Waals surface area contributed by atoms with Gasteiger partial charge in [-0.15, -0.1) is 11.3 Å². The molecule has 3 heterocycles. The Hall–Kier alpha value is -1.37. The number of ether oxygens (including phenoxy) is 1. The molecule has 6 heteroatoms. The Labute approximate surface area is 128 Å². The van der Waals surface area contributed by atoms with E-state index in [0.717, 1.165) is 56.3 Å². The average molecular weight is 304 g/mol. The summed E-state index contributed by atoms with van der Waals surface area (Å²) in [6.07, 6.45) is 1.20. The monoisotopic (exact) mass is 304 g/mol. The first-order valence-corrected chi connectivity index (χ1v) is 8.39. The SMILES string of the molecule is Nc1c(N2CCC(N3CCOCC3)C2)ccc2scnc12. The number of thiazole rings is 1. The van der Waals surface area contributed by atoms with Crippen LogP contribution in [-0.4, -0.2) is 55.3 Å². The third-order valence-electron chi connectivity index (χ3n) is 4.58. The van der Waals surface area contributed by atoms with Crippen molar-refractivity contribution < 1.29 is 4.74 Å². The van der Waals surface area contributed by atoms with Gasteiger partial charge in [0.2, 0.25) is 0 Å². The molecule has 2 N–H and O–H groups in total. The Morgan fingerprint density at radius 1 is 1.24 bits per heavy atom. The predicted molar refractivity (Wildman–Crippen MR) is 87.0 cm³/mol. The second-order valence-corrected chi connectivity index (χ2v) is 6.62. The quantitative estimate of drug-likeness (QED) is 0.857. The minimum atomic E-state index is 0.624. The van der Waals surface area contributed by atoms with E-state index in [1.807, 2.05) is 5.51 Å². The average Bonchev–Trinajstić information content (AvgIpc) is 3.18. The maximum atomic E-state index is 6.34. The van der Waals surface area contributed by atoms with Crippen molar-refractivity contribution in [2.75, 3.05) is 50.0 Å². The van der Waals surface area contributed by atoms with Gasteiger partial charge in [0, 0.05) is 32.2 Å². The van der Waals surface area contributed by atoms with Gasteiger partial charge in [-0.2, -0.15) is 0 Å². The van der Waals surface area contributed by atoms with Gasteiger partial charge in [-0.05, 0) is 18.6 Å². The highest BCUT2D eigenvalue weighted by Crippen LogP contribution is 2.34. The number of nitrogen functional groups attached to an aromatic ring is 1. The molecule has 112 valence electrons. The number of fused-ring (bicyclic) bond motifs is 1. The Morgan fingerprint density at radius 2 is 2.10 bits per heavy atom. The summed E-state index contributed by atoms with van der Waals surface area (Å²) in [5, 5.41) is 0. The normalized spacial score (nSPS) is 24.0. The predicted octanol–water partition coefficient (Wildman–Crippen LogP) is 1.79. The van der Waals surface area contributed by atoms with Crippen LogP contribution in [0.15, 0.2) is 17.6 Å². The topological polar surface area (TPSA) is 54.6 Å². The van der Waals surface area contributed by atoms with Crippen LogP contribution >= 0.6 is 11.3 Å². The number of benzene rings is 1. The minimum Gasteiger partial charge on any atom is -0.395 e. The molecule has 0 amide bonds. The molecular formula is C15H20N4OS. The van der Waals surface area contributed by atoms with Gasteiger partial charge in [0.25, 0.3) is 0 Å². The van der Waals surface area contributed by atoms with Crippen LogP contribution in [0.5, 0.6) is 0 Å². The Morgan fingerprint density at radius 3 is 2.95 bits per heavy atom. The Kier molecular flexibility index (Phi) is 3.45. The molecule has 4 rings (SSSR count). The summed E-state index contributed by atoms with van der Waals surface area (Å²) in [4.78, 5) is 9.37. The van der Waals surface area contributed by atoms with Gasteiger partial charge in [0.1, 0.15) is 5.52 Å². The number of nitrogens with two attached hydrogens (primary N) is 1. The van der Waals surface area contributed by atoms with Crippen LogP contribution in [-0.2, 0) is 4.74 Å². The van der Waals surface area contributed by atoms with Gasteiger partial charge in [-0.1, -0.05) is 0 Å². The first-order valence-electron chi connectivity index (χ1n) is 7.51.